The molecule has 14 nitrogen and oxygen atoms in total. The molecule has 3 N–H and O–H groups in total. The van der Waals surface area contributed by atoms with E-state index in [1.165, 1.54) is 6.08 Å². The van der Waals surface area contributed by atoms with Gasteiger partial charge in [0.2, 0.25) is 0 Å². The van der Waals surface area contributed by atoms with Gasteiger partial charge in [-0.05, 0) is 64.9 Å². The highest BCUT2D eigenvalue weighted by Gasteiger charge is 2.47. The number of ketones is 1. The number of esters is 1. The van der Waals surface area contributed by atoms with Gasteiger partial charge < -0.3 is 39.2 Å². The fourth-order valence-corrected chi connectivity index (χ4v) is 7.18. The molecule has 12 atom stereocenters. The molecule has 2 aliphatic rings. The maximum absolute atomic E-state index is 13.5. The summed E-state index contributed by atoms with van der Waals surface area (Å²) in [5.41, 5.74) is 2.22. The van der Waals surface area contributed by atoms with Gasteiger partial charge in [-0.1, -0.05) is 43.7 Å². The molecule has 2 aromatic heterocycles. The zero-order valence-electron chi connectivity index (χ0n) is 31.2. The molecule has 0 saturated carbocycles. The van der Waals surface area contributed by atoms with Crippen molar-refractivity contribution in [3.63, 3.8) is 0 Å². The first-order chi connectivity index (χ1) is 24.7. The second-order valence-electron chi connectivity index (χ2n) is 14.5. The van der Waals surface area contributed by atoms with E-state index in [0.29, 0.717) is 18.7 Å². The number of rotatable bonds is 9. The second kappa shape index (κ2) is 18.9. The number of aliphatic hydroxyl groups is 3. The second-order valence-corrected chi connectivity index (χ2v) is 14.5. The third kappa shape index (κ3) is 10.5. The number of pyridine rings is 1. The first-order valence-corrected chi connectivity index (χ1v) is 18.1. The standard InChI is InChI=1S/C38H55N5O9/c1-8-32-28(20-43-21-29(40-41-43)27-10-9-14-39-19-27)16-22(2)11-12-30(45)23(3)17-26(13-15-44)37(24(4)31(46)18-33(47)51-32)52-38-36(49)34(42(6)7)35(48)25(5)50-38/h9-12,14-16,19,21,23-26,28,31-32,34-38,46,48-49H,8,13,17-18,20H2,1-7H3/b12-11+,22-16+/t23-,24+,25-,26+,28-,31-,32-,34?,35-,36?,37-,38+/m1/s1. The van der Waals surface area contributed by atoms with Crippen LogP contribution in [0.1, 0.15) is 60.3 Å². The van der Waals surface area contributed by atoms with E-state index < -0.39 is 72.7 Å². The molecule has 0 spiro atoms. The Kier molecular flexibility index (Phi) is 14.9. The van der Waals surface area contributed by atoms with Crippen molar-refractivity contribution >= 4 is 18.0 Å². The third-order valence-electron chi connectivity index (χ3n) is 10.2. The summed E-state index contributed by atoms with van der Waals surface area (Å²) >= 11 is 0. The van der Waals surface area contributed by atoms with Crippen molar-refractivity contribution in [1.29, 1.82) is 0 Å². The predicted molar refractivity (Wildman–Crippen MR) is 191 cm³/mol. The summed E-state index contributed by atoms with van der Waals surface area (Å²) in [6, 6.07) is 2.98. The lowest BCUT2D eigenvalue weighted by Gasteiger charge is -2.46. The van der Waals surface area contributed by atoms with E-state index in [-0.39, 0.29) is 31.0 Å². The van der Waals surface area contributed by atoms with Crippen LogP contribution in [0.4, 0.5) is 0 Å². The summed E-state index contributed by atoms with van der Waals surface area (Å²) in [5, 5.41) is 42.2. The van der Waals surface area contributed by atoms with Crippen LogP contribution in [0.25, 0.3) is 11.3 Å². The van der Waals surface area contributed by atoms with E-state index >= 15 is 0 Å². The number of aromatic nitrogens is 4. The summed E-state index contributed by atoms with van der Waals surface area (Å²) in [5.74, 6) is -3.02. The molecule has 2 aliphatic heterocycles. The van der Waals surface area contributed by atoms with Gasteiger partial charge in [0.15, 0.2) is 12.1 Å². The number of hydrogen-bond donors (Lipinski definition) is 3. The Bertz CT molecular complexity index is 1530. The molecule has 52 heavy (non-hydrogen) atoms. The Morgan fingerprint density at radius 1 is 1.12 bits per heavy atom. The van der Waals surface area contributed by atoms with E-state index in [2.05, 4.69) is 15.3 Å². The van der Waals surface area contributed by atoms with Crippen molar-refractivity contribution in [2.75, 3.05) is 14.1 Å². The lowest BCUT2D eigenvalue weighted by Crippen LogP contribution is -2.63. The molecule has 0 bridgehead atoms. The molecule has 0 radical (unpaired) electrons. The maximum Gasteiger partial charge on any atom is 0.308 e. The number of ether oxygens (including phenoxy) is 3. The Balaban J connectivity index is 1.66. The van der Waals surface area contributed by atoms with E-state index in [1.54, 1.807) is 69.1 Å². The van der Waals surface area contributed by atoms with Gasteiger partial charge in [0, 0.05) is 42.1 Å². The fourth-order valence-electron chi connectivity index (χ4n) is 7.18. The van der Waals surface area contributed by atoms with Crippen LogP contribution in [0, 0.1) is 23.7 Å². The number of cyclic esters (lactones) is 1. The quantitative estimate of drug-likeness (QED) is 0.253. The molecule has 0 aromatic carbocycles. The van der Waals surface area contributed by atoms with E-state index in [4.69, 9.17) is 14.2 Å². The summed E-state index contributed by atoms with van der Waals surface area (Å²) < 4.78 is 20.1. The van der Waals surface area contributed by atoms with E-state index in [9.17, 15) is 29.7 Å². The van der Waals surface area contributed by atoms with E-state index in [1.807, 2.05) is 32.1 Å². The van der Waals surface area contributed by atoms with Gasteiger partial charge in [0.25, 0.3) is 0 Å². The summed E-state index contributed by atoms with van der Waals surface area (Å²) in [6.07, 6.45) is 4.37. The molecule has 1 fully saturated rings. The van der Waals surface area contributed by atoms with Crippen molar-refractivity contribution in [3.05, 3.63) is 54.5 Å². The van der Waals surface area contributed by atoms with Crippen molar-refractivity contribution in [3.8, 4) is 11.3 Å². The van der Waals surface area contributed by atoms with Crippen LogP contribution < -0.4 is 0 Å². The summed E-state index contributed by atoms with van der Waals surface area (Å²) in [6.45, 7) is 9.22. The van der Waals surface area contributed by atoms with Crippen LogP contribution in [0.3, 0.4) is 0 Å². The number of aldehydes is 1. The minimum atomic E-state index is -1.28. The average molecular weight is 726 g/mol. The SMILES string of the molecule is CC[C@H]1OC(=O)C[C@@H](O)[C@H](C)[C@@H](O[C@@H]2O[C@H](C)[C@@H](O)C(N(C)C)C2O)[C@@H](CC=O)C[C@@H](C)C(=O)/C=C/C(C)=C/[C@@H]1Cn1cc(-c2cccnc2)nn1. The van der Waals surface area contributed by atoms with Crippen molar-refractivity contribution in [2.24, 2.45) is 23.7 Å². The Morgan fingerprint density at radius 2 is 1.87 bits per heavy atom. The van der Waals surface area contributed by atoms with Gasteiger partial charge in [-0.2, -0.15) is 0 Å². The largest absolute Gasteiger partial charge is 0.462 e. The van der Waals surface area contributed by atoms with Gasteiger partial charge in [0.1, 0.15) is 24.2 Å². The molecule has 2 aromatic rings. The number of hydrogen-bond acceptors (Lipinski definition) is 13. The van der Waals surface area contributed by atoms with Crippen LogP contribution in [0.5, 0.6) is 0 Å². The molecular weight excluding hydrogens is 670 g/mol. The smallest absolute Gasteiger partial charge is 0.308 e. The molecule has 4 heterocycles. The molecule has 0 amide bonds. The number of carbonyl (C=O) groups excluding carboxylic acids is 3. The highest BCUT2D eigenvalue weighted by atomic mass is 16.7. The maximum atomic E-state index is 13.5. The van der Waals surface area contributed by atoms with Gasteiger partial charge in [-0.15, -0.1) is 5.10 Å². The van der Waals surface area contributed by atoms with E-state index in [0.717, 1.165) is 17.4 Å². The topological polar surface area (TPSA) is 186 Å². The fraction of sp³-hybridized carbons (Fsp3) is 0.632. The molecule has 14 heteroatoms. The first kappa shape index (κ1) is 41.1. The number of likely N-dealkylation sites (N-methyl/N-ethyl adjacent to an activating group) is 1. The van der Waals surface area contributed by atoms with Gasteiger partial charge in [-0.3, -0.25) is 19.3 Å². The lowest BCUT2D eigenvalue weighted by molar-refractivity contribution is -0.304. The number of aliphatic hydroxyl groups excluding tert-OH is 3. The number of nitrogens with zero attached hydrogens (tertiary/aromatic N) is 5. The molecule has 286 valence electrons. The van der Waals surface area contributed by atoms with Crippen LogP contribution in [-0.4, -0.2) is 121 Å². The van der Waals surface area contributed by atoms with Gasteiger partial charge >= 0.3 is 5.97 Å². The van der Waals surface area contributed by atoms with Crippen molar-refractivity contribution in [1.82, 2.24) is 24.9 Å². The Morgan fingerprint density at radius 3 is 2.52 bits per heavy atom. The average Bonchev–Trinajstić information content (AvgIpc) is 3.58. The lowest BCUT2D eigenvalue weighted by atomic mass is 9.79. The van der Waals surface area contributed by atoms with Gasteiger partial charge in [0.05, 0.1) is 49.6 Å². The first-order valence-electron chi connectivity index (χ1n) is 18.1. The molecular formula is C38H55N5O9. The predicted octanol–water partition coefficient (Wildman–Crippen LogP) is 2.76. The minimum Gasteiger partial charge on any atom is -0.462 e. The van der Waals surface area contributed by atoms with Crippen molar-refractivity contribution < 1.29 is 43.9 Å². The summed E-state index contributed by atoms with van der Waals surface area (Å²) in [7, 11) is 3.45. The van der Waals surface area contributed by atoms with Gasteiger partial charge in [-0.25, -0.2) is 0 Å². The minimum absolute atomic E-state index is 0.00505. The van der Waals surface area contributed by atoms with Crippen LogP contribution >= 0.6 is 0 Å². The summed E-state index contributed by atoms with van der Waals surface area (Å²) in [4.78, 5) is 44.9. The van der Waals surface area contributed by atoms with Crippen LogP contribution in [0.2, 0.25) is 0 Å². The highest BCUT2D eigenvalue weighted by molar-refractivity contribution is 5.91. The van der Waals surface area contributed by atoms with Crippen LogP contribution in [-0.2, 0) is 35.1 Å². The third-order valence-corrected chi connectivity index (χ3v) is 10.2. The number of allylic oxidation sites excluding steroid dienone is 3. The number of carbonyl (C=O) groups is 3. The van der Waals surface area contributed by atoms with Crippen molar-refractivity contribution in [2.45, 2.75) is 116 Å². The highest BCUT2D eigenvalue weighted by Crippen LogP contribution is 2.34. The molecule has 2 unspecified atom stereocenters. The zero-order chi connectivity index (χ0) is 38.1. The monoisotopic (exact) mass is 725 g/mol. The van der Waals surface area contributed by atoms with Crippen LogP contribution in [0.15, 0.2) is 54.5 Å². The normalized spacial score (nSPS) is 35.8. The molecule has 1 saturated heterocycles. The zero-order valence-corrected chi connectivity index (χ0v) is 31.2. The Hall–Kier alpha value is -3.66. The molecule has 4 rings (SSSR count). The molecule has 0 aliphatic carbocycles. The Labute approximate surface area is 305 Å².